The Bertz CT molecular complexity index is 1110. The molecule has 33 heavy (non-hydrogen) atoms. The normalized spacial score (nSPS) is 20.3. The van der Waals surface area contributed by atoms with Crippen molar-refractivity contribution in [2.45, 2.75) is 52.0 Å². The van der Waals surface area contributed by atoms with Gasteiger partial charge in [0, 0.05) is 48.7 Å². The first-order chi connectivity index (χ1) is 15.9. The molecule has 1 aromatic heterocycles. The van der Waals surface area contributed by atoms with E-state index in [0.717, 1.165) is 59.3 Å². The number of pyridine rings is 1. The van der Waals surface area contributed by atoms with Crippen LogP contribution in [0.2, 0.25) is 5.02 Å². The van der Waals surface area contributed by atoms with Crippen molar-refractivity contribution in [3.63, 3.8) is 0 Å². The summed E-state index contributed by atoms with van der Waals surface area (Å²) in [4.78, 5) is 33.9. The maximum atomic E-state index is 13.3. The molecule has 2 heterocycles. The summed E-state index contributed by atoms with van der Waals surface area (Å²) in [5, 5.41) is 1.61. The molecule has 0 saturated carbocycles. The fraction of sp³-hybridized carbons (Fsp3) is 0.500. The quantitative estimate of drug-likeness (QED) is 0.611. The van der Waals surface area contributed by atoms with Crippen molar-refractivity contribution in [1.29, 1.82) is 0 Å². The van der Waals surface area contributed by atoms with Gasteiger partial charge in [0.15, 0.2) is 0 Å². The topological polar surface area (TPSA) is 62.7 Å². The molecule has 4 rings (SSSR count). The van der Waals surface area contributed by atoms with E-state index in [2.05, 4.69) is 5.92 Å². The van der Waals surface area contributed by atoms with Gasteiger partial charge in [-0.3, -0.25) is 9.78 Å². The SMILES string of the molecule is C#CCC1CCc2c(nc3cc(C(=O)N4CCN(C(=O)OCCC)[C@H](C)C4)ccc3c2Cl)C1. The Kier molecular flexibility index (Phi) is 7.09. The summed E-state index contributed by atoms with van der Waals surface area (Å²) in [7, 11) is 0. The number of nitrogens with zero attached hydrogens (tertiary/aromatic N) is 3. The minimum atomic E-state index is -0.311. The second-order valence-corrected chi connectivity index (χ2v) is 9.39. The van der Waals surface area contributed by atoms with Crippen LogP contribution in [0.3, 0.4) is 0 Å². The molecule has 1 aliphatic carbocycles. The van der Waals surface area contributed by atoms with Crippen molar-refractivity contribution in [2.24, 2.45) is 5.92 Å². The van der Waals surface area contributed by atoms with Gasteiger partial charge in [0.2, 0.25) is 0 Å². The molecule has 2 amide bonds. The number of hydrogen-bond donors (Lipinski definition) is 0. The van der Waals surface area contributed by atoms with Gasteiger partial charge < -0.3 is 14.5 Å². The smallest absolute Gasteiger partial charge is 0.410 e. The van der Waals surface area contributed by atoms with Crippen LogP contribution in [0.15, 0.2) is 18.2 Å². The number of halogens is 1. The van der Waals surface area contributed by atoms with E-state index in [1.165, 1.54) is 0 Å². The highest BCUT2D eigenvalue weighted by Crippen LogP contribution is 2.35. The van der Waals surface area contributed by atoms with E-state index in [0.29, 0.717) is 37.7 Å². The van der Waals surface area contributed by atoms with Crippen LogP contribution in [-0.2, 0) is 17.6 Å². The van der Waals surface area contributed by atoms with E-state index < -0.39 is 0 Å². The number of fused-ring (bicyclic) bond motifs is 2. The van der Waals surface area contributed by atoms with Gasteiger partial charge in [-0.15, -0.1) is 12.3 Å². The summed E-state index contributed by atoms with van der Waals surface area (Å²) < 4.78 is 5.26. The predicted molar refractivity (Wildman–Crippen MR) is 129 cm³/mol. The number of terminal acetylenes is 1. The summed E-state index contributed by atoms with van der Waals surface area (Å²) in [6.07, 6.45) is 9.45. The molecule has 2 aromatic rings. The molecule has 1 saturated heterocycles. The number of benzene rings is 1. The number of carbonyl (C=O) groups excluding carboxylic acids is 2. The molecule has 7 heteroatoms. The molecule has 174 valence electrons. The Morgan fingerprint density at radius 3 is 2.88 bits per heavy atom. The Morgan fingerprint density at radius 1 is 1.33 bits per heavy atom. The van der Waals surface area contributed by atoms with Gasteiger partial charge in [0.05, 0.1) is 17.1 Å². The number of piperazine rings is 1. The fourth-order valence-electron chi connectivity index (χ4n) is 4.80. The average molecular weight is 468 g/mol. The van der Waals surface area contributed by atoms with Gasteiger partial charge in [0.25, 0.3) is 5.91 Å². The molecule has 6 nitrogen and oxygen atoms in total. The summed E-state index contributed by atoms with van der Waals surface area (Å²) in [6, 6.07) is 5.44. The van der Waals surface area contributed by atoms with E-state index in [-0.39, 0.29) is 18.0 Å². The van der Waals surface area contributed by atoms with Gasteiger partial charge in [-0.2, -0.15) is 0 Å². The average Bonchev–Trinajstić information content (AvgIpc) is 2.82. The molecule has 1 fully saturated rings. The zero-order valence-corrected chi connectivity index (χ0v) is 20.0. The molecule has 2 atom stereocenters. The molecular weight excluding hydrogens is 438 g/mol. The second-order valence-electron chi connectivity index (χ2n) is 9.01. The number of amides is 2. The monoisotopic (exact) mass is 467 g/mol. The Labute approximate surface area is 200 Å². The molecule has 1 aromatic carbocycles. The van der Waals surface area contributed by atoms with Crippen molar-refractivity contribution in [3.8, 4) is 12.3 Å². The fourth-order valence-corrected chi connectivity index (χ4v) is 5.16. The van der Waals surface area contributed by atoms with Crippen LogP contribution < -0.4 is 0 Å². The number of carbonyl (C=O) groups is 2. The molecule has 0 spiro atoms. The molecular formula is C26H30ClN3O3. The number of ether oxygens (including phenoxy) is 1. The van der Waals surface area contributed by atoms with Gasteiger partial charge in [-0.1, -0.05) is 24.6 Å². The van der Waals surface area contributed by atoms with Crippen LogP contribution in [0.4, 0.5) is 4.79 Å². The first-order valence-electron chi connectivity index (χ1n) is 11.7. The van der Waals surface area contributed by atoms with E-state index in [1.54, 1.807) is 9.80 Å². The first-order valence-corrected chi connectivity index (χ1v) is 12.1. The zero-order chi connectivity index (χ0) is 23.5. The third-order valence-corrected chi connectivity index (χ3v) is 7.05. The molecule has 0 bridgehead atoms. The van der Waals surface area contributed by atoms with Crippen molar-refractivity contribution < 1.29 is 14.3 Å². The van der Waals surface area contributed by atoms with Gasteiger partial charge in [-0.25, -0.2) is 4.79 Å². The van der Waals surface area contributed by atoms with Crippen LogP contribution in [0.1, 0.15) is 54.7 Å². The number of hydrogen-bond acceptors (Lipinski definition) is 4. The van der Waals surface area contributed by atoms with Crippen molar-refractivity contribution in [1.82, 2.24) is 14.8 Å². The van der Waals surface area contributed by atoms with Gasteiger partial charge in [0.1, 0.15) is 0 Å². The lowest BCUT2D eigenvalue weighted by molar-refractivity contribution is 0.0412. The number of aromatic nitrogens is 1. The largest absolute Gasteiger partial charge is 0.449 e. The lowest BCUT2D eigenvalue weighted by Gasteiger charge is -2.39. The predicted octanol–water partition coefficient (Wildman–Crippen LogP) is 4.71. The summed E-state index contributed by atoms with van der Waals surface area (Å²) in [6.45, 7) is 5.69. The molecule has 1 unspecified atom stereocenters. The molecule has 0 N–H and O–H groups in total. The molecule has 0 radical (unpaired) electrons. The summed E-state index contributed by atoms with van der Waals surface area (Å²) in [5.74, 6) is 3.12. The number of rotatable bonds is 4. The Morgan fingerprint density at radius 2 is 2.15 bits per heavy atom. The Balaban J connectivity index is 1.52. The van der Waals surface area contributed by atoms with Crippen LogP contribution in [0.5, 0.6) is 0 Å². The lowest BCUT2D eigenvalue weighted by atomic mass is 9.84. The lowest BCUT2D eigenvalue weighted by Crippen LogP contribution is -2.55. The Hall–Kier alpha value is -2.78. The third kappa shape index (κ3) is 4.79. The van der Waals surface area contributed by atoms with Crippen molar-refractivity contribution in [2.75, 3.05) is 26.2 Å². The minimum Gasteiger partial charge on any atom is -0.449 e. The minimum absolute atomic E-state index is 0.0637. The maximum absolute atomic E-state index is 13.3. The van der Waals surface area contributed by atoms with Crippen LogP contribution in [-0.4, -0.2) is 59.1 Å². The molecule has 1 aliphatic heterocycles. The van der Waals surface area contributed by atoms with E-state index in [4.69, 9.17) is 27.7 Å². The summed E-state index contributed by atoms with van der Waals surface area (Å²) >= 11 is 6.74. The van der Waals surface area contributed by atoms with E-state index >= 15 is 0 Å². The van der Waals surface area contributed by atoms with E-state index in [1.807, 2.05) is 32.0 Å². The highest BCUT2D eigenvalue weighted by atomic mass is 35.5. The highest BCUT2D eigenvalue weighted by Gasteiger charge is 2.31. The second kappa shape index (κ2) is 10.0. The highest BCUT2D eigenvalue weighted by molar-refractivity contribution is 6.36. The van der Waals surface area contributed by atoms with Gasteiger partial charge >= 0.3 is 6.09 Å². The maximum Gasteiger partial charge on any atom is 0.410 e. The third-order valence-electron chi connectivity index (χ3n) is 6.62. The van der Waals surface area contributed by atoms with Crippen molar-refractivity contribution >= 4 is 34.5 Å². The van der Waals surface area contributed by atoms with Crippen LogP contribution >= 0.6 is 11.6 Å². The standard InChI is InChI=1S/C26H30ClN3O3/c1-4-6-18-7-9-20-22(14-18)28-23-15-19(8-10-21(23)24(20)27)25(31)29-11-12-30(17(3)16-29)26(32)33-13-5-2/h1,8,10,15,17-18H,5-7,9,11-14,16H2,2-3H3/t17-,18?/m1/s1. The summed E-state index contributed by atoms with van der Waals surface area (Å²) in [5.41, 5.74) is 3.42. The van der Waals surface area contributed by atoms with Gasteiger partial charge in [-0.05, 0) is 56.2 Å². The first kappa shape index (κ1) is 23.4. The van der Waals surface area contributed by atoms with Crippen LogP contribution in [0.25, 0.3) is 10.9 Å². The van der Waals surface area contributed by atoms with Crippen LogP contribution in [0, 0.1) is 18.3 Å². The zero-order valence-electron chi connectivity index (χ0n) is 19.3. The van der Waals surface area contributed by atoms with E-state index in [9.17, 15) is 9.59 Å². The van der Waals surface area contributed by atoms with Crippen molar-refractivity contribution in [3.05, 3.63) is 40.0 Å². The molecule has 2 aliphatic rings.